The molecule has 3 rings (SSSR count). The van der Waals surface area contributed by atoms with Gasteiger partial charge in [0.1, 0.15) is 0 Å². The number of rotatable bonds is 0. The maximum absolute atomic E-state index is 3.47. The van der Waals surface area contributed by atoms with Crippen LogP contribution in [-0.2, 0) is 0 Å². The van der Waals surface area contributed by atoms with Gasteiger partial charge in [0.2, 0.25) is 0 Å². The minimum absolute atomic E-state index is 0.686. The summed E-state index contributed by atoms with van der Waals surface area (Å²) in [5, 5.41) is 3.47. The minimum atomic E-state index is 0.686. The molecule has 0 saturated carbocycles. The molecule has 0 amide bonds. The first kappa shape index (κ1) is 8.30. The van der Waals surface area contributed by atoms with Crippen LogP contribution in [-0.4, -0.2) is 26.2 Å². The van der Waals surface area contributed by atoms with Gasteiger partial charge < -0.3 is 10.2 Å². The Kier molecular flexibility index (Phi) is 1.62. The lowest BCUT2D eigenvalue weighted by molar-refractivity contribution is 0.663. The van der Waals surface area contributed by atoms with Gasteiger partial charge in [-0.15, -0.1) is 0 Å². The average molecular weight is 188 g/mol. The topological polar surface area (TPSA) is 15.3 Å². The average Bonchev–Trinajstić information content (AvgIpc) is 2.71. The maximum Gasteiger partial charge on any atom is 0.0492 e. The predicted molar refractivity (Wildman–Crippen MR) is 59.0 cm³/mol. The van der Waals surface area contributed by atoms with Crippen LogP contribution in [0.25, 0.3) is 0 Å². The molecule has 2 unspecified atom stereocenters. The molecule has 0 spiro atoms. The van der Waals surface area contributed by atoms with E-state index in [0.717, 1.165) is 19.0 Å². The van der Waals surface area contributed by atoms with Crippen molar-refractivity contribution in [3.05, 3.63) is 29.3 Å². The van der Waals surface area contributed by atoms with Crippen LogP contribution in [0.3, 0.4) is 0 Å². The van der Waals surface area contributed by atoms with E-state index in [4.69, 9.17) is 0 Å². The Morgan fingerprint density at radius 2 is 2.21 bits per heavy atom. The van der Waals surface area contributed by atoms with Crippen molar-refractivity contribution >= 4 is 5.69 Å². The van der Waals surface area contributed by atoms with Crippen molar-refractivity contribution in [2.45, 2.75) is 18.9 Å². The number of hydrogen-bond donors (Lipinski definition) is 1. The number of aryl methyl sites for hydroxylation is 1. The van der Waals surface area contributed by atoms with Gasteiger partial charge >= 0.3 is 0 Å². The second kappa shape index (κ2) is 2.74. The third kappa shape index (κ3) is 0.894. The number of likely N-dealkylation sites (N-methyl/N-ethyl adjacent to an activating group) is 1. The van der Waals surface area contributed by atoms with Crippen LogP contribution in [0, 0.1) is 6.92 Å². The first-order valence-corrected chi connectivity index (χ1v) is 5.32. The van der Waals surface area contributed by atoms with Crippen molar-refractivity contribution in [2.75, 3.05) is 25.0 Å². The van der Waals surface area contributed by atoms with E-state index < -0.39 is 0 Å². The molecule has 1 aromatic carbocycles. The number of nitrogens with one attached hydrogen (secondary N) is 1. The van der Waals surface area contributed by atoms with E-state index in [1.54, 1.807) is 5.56 Å². The van der Waals surface area contributed by atoms with Gasteiger partial charge in [0.05, 0.1) is 0 Å². The van der Waals surface area contributed by atoms with Crippen molar-refractivity contribution < 1.29 is 0 Å². The van der Waals surface area contributed by atoms with Gasteiger partial charge in [-0.25, -0.2) is 0 Å². The van der Waals surface area contributed by atoms with E-state index in [0.29, 0.717) is 6.04 Å². The molecule has 0 aliphatic carbocycles. The summed E-state index contributed by atoms with van der Waals surface area (Å²) >= 11 is 0. The van der Waals surface area contributed by atoms with E-state index in [9.17, 15) is 0 Å². The predicted octanol–water partition coefficient (Wildman–Crippen LogP) is 1.50. The molecule has 2 aliphatic rings. The Hall–Kier alpha value is -1.02. The molecular weight excluding hydrogens is 172 g/mol. The molecule has 1 fully saturated rings. The molecule has 1 aromatic rings. The summed E-state index contributed by atoms with van der Waals surface area (Å²) in [6.45, 7) is 4.49. The molecule has 2 heteroatoms. The molecule has 1 N–H and O–H groups in total. The van der Waals surface area contributed by atoms with Crippen molar-refractivity contribution in [3.63, 3.8) is 0 Å². The monoisotopic (exact) mass is 188 g/mol. The maximum atomic E-state index is 3.47. The Morgan fingerprint density at radius 3 is 3.07 bits per heavy atom. The molecule has 74 valence electrons. The number of hydrogen-bond acceptors (Lipinski definition) is 2. The SMILES string of the molecule is Cc1cccc2c1N(C)C1CNCC21. The second-order valence-corrected chi connectivity index (χ2v) is 4.46. The quantitative estimate of drug-likeness (QED) is 0.663. The molecule has 2 nitrogen and oxygen atoms in total. The van der Waals surface area contributed by atoms with Gasteiger partial charge in [0, 0.05) is 37.8 Å². The molecule has 2 aliphatic heterocycles. The summed E-state index contributed by atoms with van der Waals surface area (Å²) in [6.07, 6.45) is 0. The molecule has 0 aromatic heterocycles. The van der Waals surface area contributed by atoms with Crippen molar-refractivity contribution in [1.29, 1.82) is 0 Å². The van der Waals surface area contributed by atoms with Crippen LogP contribution in [0.1, 0.15) is 17.0 Å². The lowest BCUT2D eigenvalue weighted by Gasteiger charge is -2.21. The molecule has 1 saturated heterocycles. The number of nitrogens with zero attached hydrogens (tertiary/aromatic N) is 1. The zero-order chi connectivity index (χ0) is 9.71. The molecule has 2 heterocycles. The Bertz CT molecular complexity index is 373. The second-order valence-electron chi connectivity index (χ2n) is 4.46. The lowest BCUT2D eigenvalue weighted by atomic mass is 9.97. The standard InChI is InChI=1S/C12H16N2/c1-8-4-3-5-9-10-6-13-7-11(10)14(2)12(8)9/h3-5,10-11,13H,6-7H2,1-2H3. The van der Waals surface area contributed by atoms with Gasteiger partial charge in [-0.1, -0.05) is 18.2 Å². The summed E-state index contributed by atoms with van der Waals surface area (Å²) < 4.78 is 0. The van der Waals surface area contributed by atoms with Gasteiger partial charge in [-0.05, 0) is 18.1 Å². The van der Waals surface area contributed by atoms with Crippen molar-refractivity contribution in [2.24, 2.45) is 0 Å². The summed E-state index contributed by atoms with van der Waals surface area (Å²) in [5.74, 6) is 0.717. The molecule has 14 heavy (non-hydrogen) atoms. The van der Waals surface area contributed by atoms with Crippen LogP contribution < -0.4 is 10.2 Å². The first-order chi connectivity index (χ1) is 6.79. The molecular formula is C12H16N2. The summed E-state index contributed by atoms with van der Waals surface area (Å²) in [4.78, 5) is 2.45. The number of anilines is 1. The van der Waals surface area contributed by atoms with Crippen molar-refractivity contribution in [3.8, 4) is 0 Å². The summed E-state index contributed by atoms with van der Waals surface area (Å²) in [6, 6.07) is 7.37. The van der Waals surface area contributed by atoms with Crippen LogP contribution in [0.2, 0.25) is 0 Å². The van der Waals surface area contributed by atoms with Gasteiger partial charge in [0.15, 0.2) is 0 Å². The number of fused-ring (bicyclic) bond motifs is 3. The van der Waals surface area contributed by atoms with E-state index in [2.05, 4.69) is 42.4 Å². The largest absolute Gasteiger partial charge is 0.369 e. The Balaban J connectivity index is 2.17. The smallest absolute Gasteiger partial charge is 0.0492 e. The normalized spacial score (nSPS) is 29.1. The zero-order valence-corrected chi connectivity index (χ0v) is 8.75. The fourth-order valence-electron chi connectivity index (χ4n) is 3.02. The highest BCUT2D eigenvalue weighted by atomic mass is 15.2. The molecule has 0 radical (unpaired) electrons. The van der Waals surface area contributed by atoms with Crippen LogP contribution in [0.4, 0.5) is 5.69 Å². The highest BCUT2D eigenvalue weighted by Gasteiger charge is 2.39. The third-order valence-corrected chi connectivity index (χ3v) is 3.70. The van der Waals surface area contributed by atoms with E-state index in [1.807, 2.05) is 0 Å². The minimum Gasteiger partial charge on any atom is -0.369 e. The Labute approximate surface area is 84.9 Å². The van der Waals surface area contributed by atoms with E-state index in [1.165, 1.54) is 11.3 Å². The highest BCUT2D eigenvalue weighted by molar-refractivity contribution is 5.66. The highest BCUT2D eigenvalue weighted by Crippen LogP contribution is 2.43. The number of benzene rings is 1. The summed E-state index contributed by atoms with van der Waals surface area (Å²) in [7, 11) is 2.23. The van der Waals surface area contributed by atoms with Crippen LogP contribution in [0.15, 0.2) is 18.2 Å². The van der Waals surface area contributed by atoms with Gasteiger partial charge in [-0.3, -0.25) is 0 Å². The van der Waals surface area contributed by atoms with E-state index >= 15 is 0 Å². The van der Waals surface area contributed by atoms with Gasteiger partial charge in [0.25, 0.3) is 0 Å². The fourth-order valence-corrected chi connectivity index (χ4v) is 3.02. The van der Waals surface area contributed by atoms with Gasteiger partial charge in [-0.2, -0.15) is 0 Å². The van der Waals surface area contributed by atoms with Crippen LogP contribution in [0.5, 0.6) is 0 Å². The molecule has 2 atom stereocenters. The van der Waals surface area contributed by atoms with Crippen LogP contribution >= 0.6 is 0 Å². The fraction of sp³-hybridized carbons (Fsp3) is 0.500. The molecule has 0 bridgehead atoms. The summed E-state index contributed by atoms with van der Waals surface area (Å²) in [5.41, 5.74) is 4.44. The van der Waals surface area contributed by atoms with Crippen molar-refractivity contribution in [1.82, 2.24) is 5.32 Å². The first-order valence-electron chi connectivity index (χ1n) is 5.32. The Morgan fingerprint density at radius 1 is 1.36 bits per heavy atom. The zero-order valence-electron chi connectivity index (χ0n) is 8.75. The lowest BCUT2D eigenvalue weighted by Crippen LogP contribution is -2.31. The number of para-hydroxylation sites is 1. The third-order valence-electron chi connectivity index (χ3n) is 3.70. The van der Waals surface area contributed by atoms with E-state index in [-0.39, 0.29) is 0 Å².